The van der Waals surface area contributed by atoms with Crippen LogP contribution in [0.15, 0.2) is 46.9 Å². The van der Waals surface area contributed by atoms with Gasteiger partial charge in [-0.25, -0.2) is 0 Å². The van der Waals surface area contributed by atoms with Gasteiger partial charge in [0.1, 0.15) is 11.2 Å². The molecule has 0 bridgehead atoms. The zero-order valence-corrected chi connectivity index (χ0v) is 12.0. The monoisotopic (exact) mass is 285 g/mol. The molecule has 0 unspecified atom stereocenters. The second-order valence-electron chi connectivity index (χ2n) is 5.66. The molecular weight excluding hydrogens is 266 g/mol. The van der Waals surface area contributed by atoms with Crippen LogP contribution in [0.2, 0.25) is 0 Å². The van der Waals surface area contributed by atoms with Gasteiger partial charge in [0.15, 0.2) is 0 Å². The maximum atomic E-state index is 9.31. The Morgan fingerprint density at radius 2 is 1.71 bits per heavy atom. The van der Waals surface area contributed by atoms with E-state index >= 15 is 0 Å². The van der Waals surface area contributed by atoms with E-state index in [0.29, 0.717) is 6.54 Å². The highest BCUT2D eigenvalue weighted by Crippen LogP contribution is 2.29. The number of benzene rings is 2. The fourth-order valence-corrected chi connectivity index (χ4v) is 2.36. The molecule has 0 atom stereocenters. The van der Waals surface area contributed by atoms with E-state index in [1.54, 1.807) is 6.92 Å². The van der Waals surface area contributed by atoms with Crippen LogP contribution in [0.25, 0.3) is 21.9 Å². The summed E-state index contributed by atoms with van der Waals surface area (Å²) in [6, 6.07) is 14.0. The molecule has 2 aromatic carbocycles. The number of hydrogen-bond donors (Lipinski definition) is 3. The van der Waals surface area contributed by atoms with Crippen molar-refractivity contribution in [3.05, 3.63) is 48.0 Å². The molecule has 0 aliphatic rings. The van der Waals surface area contributed by atoms with Gasteiger partial charge in [0.25, 0.3) is 0 Å². The van der Waals surface area contributed by atoms with Crippen molar-refractivity contribution >= 4 is 21.9 Å². The predicted molar refractivity (Wildman–Crippen MR) is 83.1 cm³/mol. The first-order valence-electron chi connectivity index (χ1n) is 7.02. The fourth-order valence-electron chi connectivity index (χ4n) is 2.36. The average Bonchev–Trinajstić information content (AvgIpc) is 2.90. The van der Waals surface area contributed by atoms with Crippen molar-refractivity contribution in [3.63, 3.8) is 0 Å². The molecule has 0 aliphatic carbocycles. The molecule has 3 N–H and O–H groups in total. The van der Waals surface area contributed by atoms with E-state index in [1.807, 2.05) is 36.4 Å². The smallest absolute Gasteiger partial charge is 0.135 e. The Morgan fingerprint density at radius 1 is 1.00 bits per heavy atom. The molecule has 0 amide bonds. The van der Waals surface area contributed by atoms with Crippen LogP contribution in [0, 0.1) is 0 Å². The number of rotatable bonds is 5. The van der Waals surface area contributed by atoms with Crippen LogP contribution in [-0.2, 0) is 6.54 Å². The van der Waals surface area contributed by atoms with Crippen molar-refractivity contribution in [3.8, 4) is 0 Å². The molecular formula is C17H19NO3. The molecule has 3 rings (SSSR count). The zero-order valence-electron chi connectivity index (χ0n) is 12.0. The molecule has 0 radical (unpaired) electrons. The number of aliphatic hydroxyl groups excluding tert-OH is 2. The molecule has 3 aromatic rings. The van der Waals surface area contributed by atoms with Gasteiger partial charge in [-0.05, 0) is 30.7 Å². The lowest BCUT2D eigenvalue weighted by Crippen LogP contribution is -2.48. The van der Waals surface area contributed by atoms with Crippen molar-refractivity contribution in [2.75, 3.05) is 13.2 Å². The summed E-state index contributed by atoms with van der Waals surface area (Å²) in [5.41, 5.74) is 2.16. The van der Waals surface area contributed by atoms with Crippen LogP contribution in [0.4, 0.5) is 0 Å². The Hall–Kier alpha value is -1.88. The van der Waals surface area contributed by atoms with Crippen LogP contribution >= 0.6 is 0 Å². The molecule has 4 nitrogen and oxygen atoms in total. The number of furan rings is 1. The summed E-state index contributed by atoms with van der Waals surface area (Å²) < 4.78 is 5.79. The summed E-state index contributed by atoms with van der Waals surface area (Å²) in [6.45, 7) is 2.15. The Bertz CT molecular complexity index is 759. The van der Waals surface area contributed by atoms with Gasteiger partial charge < -0.3 is 19.9 Å². The predicted octanol–water partition coefficient (Wildman–Crippen LogP) is 2.42. The van der Waals surface area contributed by atoms with E-state index in [-0.39, 0.29) is 13.2 Å². The van der Waals surface area contributed by atoms with Gasteiger partial charge in [0.05, 0.1) is 18.8 Å². The molecule has 1 heterocycles. The highest BCUT2D eigenvalue weighted by molar-refractivity contribution is 6.04. The summed E-state index contributed by atoms with van der Waals surface area (Å²) in [7, 11) is 0. The molecule has 1 aromatic heterocycles. The minimum atomic E-state index is -0.673. The molecule has 4 heteroatoms. The minimum Gasteiger partial charge on any atom is -0.456 e. The van der Waals surface area contributed by atoms with Crippen molar-refractivity contribution < 1.29 is 14.6 Å². The first-order valence-corrected chi connectivity index (χ1v) is 7.02. The molecule has 0 spiro atoms. The Balaban J connectivity index is 1.92. The summed E-state index contributed by atoms with van der Waals surface area (Å²) in [5.74, 6) is 0. The highest BCUT2D eigenvalue weighted by Gasteiger charge is 2.21. The van der Waals surface area contributed by atoms with Gasteiger partial charge in [-0.1, -0.05) is 24.3 Å². The third kappa shape index (κ3) is 2.65. The maximum absolute atomic E-state index is 9.31. The first kappa shape index (κ1) is 14.1. The molecule has 21 heavy (non-hydrogen) atoms. The third-order valence-electron chi connectivity index (χ3n) is 3.86. The lowest BCUT2D eigenvalue weighted by Gasteiger charge is -2.26. The molecule has 110 valence electrons. The van der Waals surface area contributed by atoms with Gasteiger partial charge in [-0.3, -0.25) is 0 Å². The lowest BCUT2D eigenvalue weighted by molar-refractivity contribution is 0.103. The van der Waals surface area contributed by atoms with E-state index in [9.17, 15) is 10.2 Å². The molecule has 0 saturated carbocycles. The quantitative estimate of drug-likeness (QED) is 0.673. The van der Waals surface area contributed by atoms with Crippen LogP contribution < -0.4 is 5.32 Å². The number of hydrogen-bond acceptors (Lipinski definition) is 4. The van der Waals surface area contributed by atoms with Gasteiger partial charge in [0.2, 0.25) is 0 Å². The van der Waals surface area contributed by atoms with Gasteiger partial charge in [-0.15, -0.1) is 0 Å². The van der Waals surface area contributed by atoms with E-state index in [1.165, 1.54) is 0 Å². The normalized spacial score (nSPS) is 12.3. The lowest BCUT2D eigenvalue weighted by atomic mass is 10.0. The standard InChI is InChI=1S/C17H19NO3/c1-17(10-19,11-20)18-9-12-6-7-16-14(8-12)13-4-2-3-5-15(13)21-16/h2-8,18-20H,9-11H2,1H3. The largest absolute Gasteiger partial charge is 0.456 e. The number of fused-ring (bicyclic) bond motifs is 3. The number of aliphatic hydroxyl groups is 2. The summed E-state index contributed by atoms with van der Waals surface area (Å²) in [5, 5.41) is 24.0. The van der Waals surface area contributed by atoms with E-state index in [4.69, 9.17) is 4.42 Å². The summed E-state index contributed by atoms with van der Waals surface area (Å²) in [4.78, 5) is 0. The molecule has 0 saturated heterocycles. The summed E-state index contributed by atoms with van der Waals surface area (Å²) in [6.07, 6.45) is 0. The fraction of sp³-hybridized carbons (Fsp3) is 0.294. The van der Waals surface area contributed by atoms with Crippen LogP contribution in [-0.4, -0.2) is 29.0 Å². The Labute approximate surface area is 123 Å². The first-order chi connectivity index (χ1) is 10.1. The second kappa shape index (κ2) is 5.48. The van der Waals surface area contributed by atoms with E-state index in [2.05, 4.69) is 11.4 Å². The van der Waals surface area contributed by atoms with Gasteiger partial charge in [0, 0.05) is 17.3 Å². The third-order valence-corrected chi connectivity index (χ3v) is 3.86. The summed E-state index contributed by atoms with van der Waals surface area (Å²) >= 11 is 0. The van der Waals surface area contributed by atoms with Crippen LogP contribution in [0.3, 0.4) is 0 Å². The van der Waals surface area contributed by atoms with Crippen molar-refractivity contribution in [1.29, 1.82) is 0 Å². The SMILES string of the molecule is CC(CO)(CO)NCc1ccc2oc3ccccc3c2c1. The zero-order chi connectivity index (χ0) is 14.9. The van der Waals surface area contributed by atoms with Crippen molar-refractivity contribution in [1.82, 2.24) is 5.32 Å². The Morgan fingerprint density at radius 3 is 2.48 bits per heavy atom. The van der Waals surface area contributed by atoms with Gasteiger partial charge >= 0.3 is 0 Å². The van der Waals surface area contributed by atoms with Crippen molar-refractivity contribution in [2.24, 2.45) is 0 Å². The second-order valence-corrected chi connectivity index (χ2v) is 5.66. The minimum absolute atomic E-state index is 0.111. The van der Waals surface area contributed by atoms with Gasteiger partial charge in [-0.2, -0.15) is 0 Å². The number of nitrogens with one attached hydrogen (secondary N) is 1. The topological polar surface area (TPSA) is 65.6 Å². The highest BCUT2D eigenvalue weighted by atomic mass is 16.3. The number of para-hydroxylation sites is 1. The van der Waals surface area contributed by atoms with E-state index < -0.39 is 5.54 Å². The van der Waals surface area contributed by atoms with E-state index in [0.717, 1.165) is 27.5 Å². The maximum Gasteiger partial charge on any atom is 0.135 e. The Kier molecular flexibility index (Phi) is 3.68. The van der Waals surface area contributed by atoms with Crippen LogP contribution in [0.1, 0.15) is 12.5 Å². The molecule has 0 aliphatic heterocycles. The van der Waals surface area contributed by atoms with Crippen LogP contribution in [0.5, 0.6) is 0 Å². The molecule has 0 fully saturated rings. The average molecular weight is 285 g/mol. The van der Waals surface area contributed by atoms with Crippen molar-refractivity contribution in [2.45, 2.75) is 19.0 Å².